The van der Waals surface area contributed by atoms with Crippen LogP contribution in [0.15, 0.2) is 46.8 Å². The van der Waals surface area contributed by atoms with E-state index in [-0.39, 0.29) is 67.2 Å². The Bertz CT molecular complexity index is 2180. The maximum Gasteiger partial charge on any atom is 0.420 e. The van der Waals surface area contributed by atoms with E-state index in [0.29, 0.717) is 37.9 Å². The van der Waals surface area contributed by atoms with Crippen LogP contribution in [-0.4, -0.2) is 87.2 Å². The van der Waals surface area contributed by atoms with Crippen LogP contribution in [0.1, 0.15) is 21.7 Å². The van der Waals surface area contributed by atoms with Gasteiger partial charge in [0.1, 0.15) is 35.6 Å². The number of aryl methyl sites for hydroxylation is 1. The van der Waals surface area contributed by atoms with Crippen LogP contribution in [0.5, 0.6) is 5.75 Å². The number of fused-ring (bicyclic) bond motifs is 2. The quantitative estimate of drug-likeness (QED) is 0.189. The Balaban J connectivity index is 1.25. The Labute approximate surface area is 284 Å². The van der Waals surface area contributed by atoms with Crippen molar-refractivity contribution in [1.29, 1.82) is 5.26 Å². The Morgan fingerprint density at radius 2 is 1.94 bits per heavy atom. The lowest BCUT2D eigenvalue weighted by Gasteiger charge is -2.36. The molecule has 1 unspecified atom stereocenters. The highest BCUT2D eigenvalue weighted by molar-refractivity contribution is 7.18. The van der Waals surface area contributed by atoms with Gasteiger partial charge in [-0.25, -0.2) is 19.2 Å². The van der Waals surface area contributed by atoms with Crippen molar-refractivity contribution < 1.29 is 32.2 Å². The van der Waals surface area contributed by atoms with Crippen LogP contribution in [0.2, 0.25) is 5.02 Å². The highest BCUT2D eigenvalue weighted by Gasteiger charge is 2.41. The second-order valence-corrected chi connectivity index (χ2v) is 12.5. The first-order valence-corrected chi connectivity index (χ1v) is 16.1. The minimum absolute atomic E-state index is 0.0108. The number of pyridine rings is 2. The van der Waals surface area contributed by atoms with Gasteiger partial charge in [0, 0.05) is 60.5 Å². The molecular formula is C32H26ClF4N7O4S. The van der Waals surface area contributed by atoms with E-state index < -0.39 is 30.4 Å². The van der Waals surface area contributed by atoms with E-state index in [9.17, 15) is 37.5 Å². The van der Waals surface area contributed by atoms with Gasteiger partial charge in [0.15, 0.2) is 0 Å². The van der Waals surface area contributed by atoms with Crippen molar-refractivity contribution in [2.75, 3.05) is 44.2 Å². The summed E-state index contributed by atoms with van der Waals surface area (Å²) in [5.41, 5.74) is 1.38. The monoisotopic (exact) mass is 715 g/mol. The van der Waals surface area contributed by atoms with E-state index in [4.69, 9.17) is 16.3 Å². The number of aromatic nitrogens is 4. The molecule has 0 aliphatic carbocycles. The van der Waals surface area contributed by atoms with Gasteiger partial charge in [-0.3, -0.25) is 19.2 Å². The summed E-state index contributed by atoms with van der Waals surface area (Å²) < 4.78 is 59.9. The zero-order chi connectivity index (χ0) is 35.0. The number of carboxylic acids is 1. The normalized spacial score (nSPS) is 14.7. The maximum absolute atomic E-state index is 13.9. The molecule has 1 N–H and O–H groups in total. The van der Waals surface area contributed by atoms with E-state index in [1.54, 1.807) is 36.1 Å². The molecule has 0 bridgehead atoms. The Kier molecular flexibility index (Phi) is 9.43. The number of ether oxygens (including phenoxy) is 1. The van der Waals surface area contributed by atoms with Gasteiger partial charge in [-0.2, -0.15) is 18.4 Å². The summed E-state index contributed by atoms with van der Waals surface area (Å²) in [7, 11) is 0. The topological polar surface area (TPSA) is 137 Å². The van der Waals surface area contributed by atoms with Gasteiger partial charge in [0.05, 0.1) is 39.4 Å². The second-order valence-electron chi connectivity index (χ2n) is 11.2. The summed E-state index contributed by atoms with van der Waals surface area (Å²) in [5, 5.41) is 21.7. The number of alkyl halides is 4. The lowest BCUT2D eigenvalue weighted by molar-refractivity contribution is -0.184. The molecule has 1 aromatic carbocycles. The number of hydrogen-bond donors (Lipinski definition) is 1. The van der Waals surface area contributed by atoms with Crippen LogP contribution in [-0.2, 0) is 6.54 Å². The molecule has 1 aliphatic rings. The molecule has 0 radical (unpaired) electrons. The van der Waals surface area contributed by atoms with Gasteiger partial charge in [-0.15, -0.1) is 11.3 Å². The number of nitriles is 1. The van der Waals surface area contributed by atoms with Gasteiger partial charge in [0.25, 0.3) is 5.56 Å². The minimum Gasteiger partial charge on any atom is -0.491 e. The number of piperazine rings is 1. The fourth-order valence-corrected chi connectivity index (χ4v) is 6.97. The zero-order valence-corrected chi connectivity index (χ0v) is 27.2. The lowest BCUT2D eigenvalue weighted by atomic mass is 10.0. The summed E-state index contributed by atoms with van der Waals surface area (Å²) in [4.78, 5) is 41.7. The highest BCUT2D eigenvalue weighted by atomic mass is 35.5. The van der Waals surface area contributed by atoms with Gasteiger partial charge in [-0.1, -0.05) is 11.6 Å². The number of nitrogens with zero attached hydrogens (tertiary/aromatic N) is 7. The largest absolute Gasteiger partial charge is 0.491 e. The third-order valence-electron chi connectivity index (χ3n) is 8.22. The highest BCUT2D eigenvalue weighted by Crippen LogP contribution is 2.39. The van der Waals surface area contributed by atoms with Crippen molar-refractivity contribution in [3.63, 3.8) is 0 Å². The van der Waals surface area contributed by atoms with Gasteiger partial charge < -0.3 is 14.7 Å². The van der Waals surface area contributed by atoms with Gasteiger partial charge >= 0.3 is 12.1 Å². The molecule has 5 aromatic rings. The van der Waals surface area contributed by atoms with Crippen molar-refractivity contribution in [3.05, 3.63) is 74.4 Å². The first kappa shape index (κ1) is 34.0. The summed E-state index contributed by atoms with van der Waals surface area (Å²) in [6, 6.07) is 8.81. The minimum atomic E-state index is -4.94. The fourth-order valence-electron chi connectivity index (χ4n) is 5.77. The molecule has 1 saturated heterocycles. The van der Waals surface area contributed by atoms with Crippen LogP contribution < -0.4 is 15.2 Å². The van der Waals surface area contributed by atoms with Gasteiger partial charge in [-0.05, 0) is 31.2 Å². The van der Waals surface area contributed by atoms with E-state index >= 15 is 0 Å². The molecule has 1 fully saturated rings. The number of carbonyl (C=O) groups is 1. The number of thiophene rings is 1. The van der Waals surface area contributed by atoms with Crippen molar-refractivity contribution in [2.45, 2.75) is 25.8 Å². The number of halogens is 5. The van der Waals surface area contributed by atoms with E-state index in [1.165, 1.54) is 38.6 Å². The van der Waals surface area contributed by atoms with Crippen LogP contribution in [0.25, 0.3) is 32.2 Å². The molecule has 17 heteroatoms. The third-order valence-corrected chi connectivity index (χ3v) is 9.45. The number of anilines is 1. The van der Waals surface area contributed by atoms with Crippen LogP contribution in [0.3, 0.4) is 0 Å². The molecule has 0 spiro atoms. The average Bonchev–Trinajstić information content (AvgIpc) is 3.51. The van der Waals surface area contributed by atoms with Crippen LogP contribution in [0.4, 0.5) is 23.4 Å². The standard InChI is InChI=1S/C32H26ClF4N7O4S/c1-17-41-23-14-40-29(43-8-6-42(7-9-43)15-25(34)32(35,36)37)21(13-38)26(23)30(45)44(17)10-11-48-24-3-2-18(33)12-20(24)19-4-5-39-27-22(31(46)47)16-49-28(19)27/h2-5,12,14,16,25H,6-11,15H2,1H3,(H,46,47). The summed E-state index contributed by atoms with van der Waals surface area (Å²) in [6.45, 7) is 1.49. The first-order valence-electron chi connectivity index (χ1n) is 14.9. The molecule has 11 nitrogen and oxygen atoms in total. The Morgan fingerprint density at radius 1 is 1.18 bits per heavy atom. The number of hydrogen-bond acceptors (Lipinski definition) is 10. The molecule has 0 saturated carbocycles. The number of rotatable bonds is 9. The molecule has 1 aliphatic heterocycles. The Hall–Kier alpha value is -4.85. The Morgan fingerprint density at radius 3 is 2.63 bits per heavy atom. The van der Waals surface area contributed by atoms with Crippen molar-refractivity contribution in [1.82, 2.24) is 24.4 Å². The van der Waals surface area contributed by atoms with E-state index in [2.05, 4.69) is 21.0 Å². The molecule has 5 heterocycles. The predicted octanol–water partition coefficient (Wildman–Crippen LogP) is 5.70. The summed E-state index contributed by atoms with van der Waals surface area (Å²) >= 11 is 7.57. The fraction of sp³-hybridized carbons (Fsp3) is 0.312. The molecule has 6 rings (SSSR count). The summed E-state index contributed by atoms with van der Waals surface area (Å²) in [5.74, 6) is -0.115. The molecule has 254 valence electrons. The van der Waals surface area contributed by atoms with Crippen LogP contribution in [0, 0.1) is 18.3 Å². The molecule has 4 aromatic heterocycles. The molecule has 1 atom stereocenters. The van der Waals surface area contributed by atoms with Crippen LogP contribution >= 0.6 is 22.9 Å². The van der Waals surface area contributed by atoms with Crippen molar-refractivity contribution >= 4 is 55.8 Å². The number of carboxylic acid groups (broad SMARTS) is 1. The molecular weight excluding hydrogens is 690 g/mol. The first-order chi connectivity index (χ1) is 23.4. The molecule has 0 amide bonds. The predicted molar refractivity (Wildman–Crippen MR) is 175 cm³/mol. The maximum atomic E-state index is 13.9. The third kappa shape index (κ3) is 6.74. The second kappa shape index (κ2) is 13.6. The van der Waals surface area contributed by atoms with Gasteiger partial charge in [0.2, 0.25) is 6.17 Å². The SMILES string of the molecule is Cc1nc2cnc(N3CCN(CC(F)C(F)(F)F)CC3)c(C#N)c2c(=O)n1CCOc1ccc(Cl)cc1-c1ccnc2c(C(=O)O)csc12. The van der Waals surface area contributed by atoms with Crippen molar-refractivity contribution in [2.24, 2.45) is 0 Å². The smallest absolute Gasteiger partial charge is 0.420 e. The number of benzene rings is 1. The number of aromatic carboxylic acids is 1. The average molecular weight is 716 g/mol. The lowest BCUT2D eigenvalue weighted by Crippen LogP contribution is -2.50. The van der Waals surface area contributed by atoms with E-state index in [0.717, 1.165) is 0 Å². The van der Waals surface area contributed by atoms with E-state index in [1.807, 2.05) is 0 Å². The molecule has 49 heavy (non-hydrogen) atoms. The zero-order valence-electron chi connectivity index (χ0n) is 25.7. The van der Waals surface area contributed by atoms with Crippen molar-refractivity contribution in [3.8, 4) is 22.9 Å². The summed E-state index contributed by atoms with van der Waals surface area (Å²) in [6.07, 6.45) is -5.02.